The fraction of sp³-hybridized carbons (Fsp3) is 0.235. The zero-order valence-corrected chi connectivity index (χ0v) is 14.5. The summed E-state index contributed by atoms with van der Waals surface area (Å²) in [4.78, 5) is 13.9. The highest BCUT2D eigenvalue weighted by Crippen LogP contribution is 2.47. The minimum Gasteiger partial charge on any atom is -0.369 e. The van der Waals surface area contributed by atoms with Crippen LogP contribution in [0.5, 0.6) is 0 Å². The van der Waals surface area contributed by atoms with Crippen LogP contribution in [0.2, 0.25) is 5.02 Å². The van der Waals surface area contributed by atoms with Crippen molar-refractivity contribution in [2.45, 2.75) is 33.6 Å². The second kappa shape index (κ2) is 6.57. The fourth-order valence-corrected chi connectivity index (χ4v) is 5.15. The molecule has 2 aromatic carbocycles. The molecule has 1 aliphatic heterocycles. The molecule has 0 aliphatic carbocycles. The van der Waals surface area contributed by atoms with E-state index < -0.39 is 0 Å². The van der Waals surface area contributed by atoms with Crippen molar-refractivity contribution in [2.24, 2.45) is 5.73 Å². The van der Waals surface area contributed by atoms with Gasteiger partial charge in [0.2, 0.25) is 5.91 Å². The molecule has 0 saturated carbocycles. The predicted octanol–water partition coefficient (Wildman–Crippen LogP) is 4.70. The normalized spacial score (nSPS) is 18.0. The van der Waals surface area contributed by atoms with Crippen molar-refractivity contribution in [3.8, 4) is 0 Å². The van der Waals surface area contributed by atoms with Gasteiger partial charge in [-0.1, -0.05) is 41.6 Å². The number of nitrogens with two attached hydrogens (primary N) is 1. The second-order valence-corrected chi connectivity index (χ2v) is 8.33. The highest BCUT2D eigenvalue weighted by molar-refractivity contribution is 8.01. The molecule has 2 nitrogen and oxygen atoms in total. The van der Waals surface area contributed by atoms with Gasteiger partial charge in [-0.05, 0) is 48.7 Å². The maximum Gasteiger partial charge on any atom is 0.230 e. The highest BCUT2D eigenvalue weighted by Gasteiger charge is 2.26. The first-order valence-corrected chi connectivity index (χ1v) is 9.18. The van der Waals surface area contributed by atoms with Crippen LogP contribution in [0.15, 0.2) is 52.3 Å². The van der Waals surface area contributed by atoms with Gasteiger partial charge in [-0.25, -0.2) is 0 Å². The summed E-state index contributed by atoms with van der Waals surface area (Å²) in [5, 5.41) is 0.728. The molecule has 22 heavy (non-hydrogen) atoms. The predicted molar refractivity (Wildman–Crippen MR) is 94.7 cm³/mol. The van der Waals surface area contributed by atoms with E-state index in [1.54, 1.807) is 23.5 Å². The maximum absolute atomic E-state index is 11.4. The van der Waals surface area contributed by atoms with Gasteiger partial charge in [0.1, 0.15) is 0 Å². The Morgan fingerprint density at radius 2 is 2.09 bits per heavy atom. The van der Waals surface area contributed by atoms with E-state index in [-0.39, 0.29) is 16.4 Å². The summed E-state index contributed by atoms with van der Waals surface area (Å²) >= 11 is 9.54. The van der Waals surface area contributed by atoms with Crippen LogP contribution in [0.1, 0.15) is 23.3 Å². The van der Waals surface area contributed by atoms with E-state index in [0.29, 0.717) is 0 Å². The number of primary amides is 1. The minimum absolute atomic E-state index is 0.200. The lowest BCUT2D eigenvalue weighted by atomic mass is 10.0. The smallest absolute Gasteiger partial charge is 0.230 e. The largest absolute Gasteiger partial charge is 0.369 e. The van der Waals surface area contributed by atoms with Crippen LogP contribution >= 0.6 is 35.1 Å². The van der Waals surface area contributed by atoms with Crippen LogP contribution in [0.3, 0.4) is 0 Å². The van der Waals surface area contributed by atoms with Gasteiger partial charge in [0, 0.05) is 20.1 Å². The first-order valence-electron chi connectivity index (χ1n) is 7.04. The third-order valence-electron chi connectivity index (χ3n) is 3.68. The highest BCUT2D eigenvalue weighted by atomic mass is 35.5. The topological polar surface area (TPSA) is 43.1 Å². The van der Waals surface area contributed by atoms with Gasteiger partial charge in [-0.2, -0.15) is 0 Å². The number of hydrogen-bond donors (Lipinski definition) is 1. The third kappa shape index (κ3) is 3.29. The van der Waals surface area contributed by atoms with Gasteiger partial charge < -0.3 is 5.73 Å². The van der Waals surface area contributed by atoms with Crippen LogP contribution in [-0.4, -0.2) is 11.2 Å². The van der Waals surface area contributed by atoms with Crippen LogP contribution in [0.25, 0.3) is 0 Å². The second-order valence-electron chi connectivity index (χ2n) is 5.27. The molecule has 1 heterocycles. The lowest BCUT2D eigenvalue weighted by Crippen LogP contribution is -2.24. The van der Waals surface area contributed by atoms with Crippen LogP contribution in [-0.2, 0) is 11.2 Å². The van der Waals surface area contributed by atoms with Crippen LogP contribution in [0.4, 0.5) is 0 Å². The van der Waals surface area contributed by atoms with Crippen molar-refractivity contribution in [2.75, 3.05) is 0 Å². The molecule has 2 aromatic rings. The van der Waals surface area contributed by atoms with Crippen molar-refractivity contribution in [1.29, 1.82) is 0 Å². The Bertz CT molecular complexity index is 720. The average molecular weight is 350 g/mol. The number of carbonyl (C=O) groups is 1. The summed E-state index contributed by atoms with van der Waals surface area (Å²) in [5.41, 5.74) is 7.93. The molecule has 0 bridgehead atoms. The maximum atomic E-state index is 11.4. The Morgan fingerprint density at radius 3 is 2.86 bits per heavy atom. The number of benzene rings is 2. The van der Waals surface area contributed by atoms with E-state index >= 15 is 0 Å². The summed E-state index contributed by atoms with van der Waals surface area (Å²) in [5.74, 6) is -0.273. The SMILES string of the molecule is CC(SC1Cc2cc(Cl)ccc2Sc2ccccc21)C(N)=O. The standard InChI is InChI=1S/C17H16ClNOS2/c1-10(17(19)20)21-16-9-11-8-12(18)6-7-14(11)22-15-5-3-2-4-13(15)16/h2-8,10,16H,9H2,1H3,(H2,19,20). The van der Waals surface area contributed by atoms with Crippen molar-refractivity contribution in [3.63, 3.8) is 0 Å². The lowest BCUT2D eigenvalue weighted by Gasteiger charge is -2.19. The third-order valence-corrected chi connectivity index (χ3v) is 6.52. The quantitative estimate of drug-likeness (QED) is 0.873. The molecule has 0 spiro atoms. The summed E-state index contributed by atoms with van der Waals surface area (Å²) in [6.45, 7) is 1.87. The fourth-order valence-electron chi connectivity index (χ4n) is 2.51. The molecule has 0 radical (unpaired) electrons. The number of thioether (sulfide) groups is 1. The molecule has 0 saturated heterocycles. The molecular weight excluding hydrogens is 334 g/mol. The van der Waals surface area contributed by atoms with Gasteiger partial charge in [0.25, 0.3) is 0 Å². The molecule has 0 fully saturated rings. The monoisotopic (exact) mass is 349 g/mol. The Kier molecular flexibility index (Phi) is 4.71. The molecule has 114 valence electrons. The Balaban J connectivity index is 2.02. The average Bonchev–Trinajstić information content (AvgIpc) is 2.63. The van der Waals surface area contributed by atoms with Crippen molar-refractivity contribution >= 4 is 41.0 Å². The van der Waals surface area contributed by atoms with Crippen molar-refractivity contribution < 1.29 is 4.79 Å². The zero-order valence-electron chi connectivity index (χ0n) is 12.1. The number of fused-ring (bicyclic) bond motifs is 2. The van der Waals surface area contributed by atoms with Gasteiger partial charge in [0.05, 0.1) is 5.25 Å². The van der Waals surface area contributed by atoms with Gasteiger partial charge in [-0.3, -0.25) is 4.79 Å². The molecule has 3 rings (SSSR count). The molecular formula is C17H16ClNOS2. The molecule has 5 heteroatoms. The number of rotatable bonds is 3. The van der Waals surface area contributed by atoms with E-state index in [1.807, 2.05) is 31.2 Å². The van der Waals surface area contributed by atoms with E-state index in [2.05, 4.69) is 18.2 Å². The van der Waals surface area contributed by atoms with Gasteiger partial charge >= 0.3 is 0 Å². The minimum atomic E-state index is -0.273. The molecule has 1 aliphatic rings. The number of halogens is 1. The summed E-state index contributed by atoms with van der Waals surface area (Å²) in [6, 6.07) is 14.4. The molecule has 0 aromatic heterocycles. The number of amides is 1. The summed E-state index contributed by atoms with van der Waals surface area (Å²) < 4.78 is 0. The Hall–Kier alpha value is -1.10. The summed E-state index contributed by atoms with van der Waals surface area (Å²) in [7, 11) is 0. The van der Waals surface area contributed by atoms with Gasteiger partial charge in [0.15, 0.2) is 0 Å². The molecule has 1 amide bonds. The number of carbonyl (C=O) groups excluding carboxylic acids is 1. The lowest BCUT2D eigenvalue weighted by molar-refractivity contribution is -0.117. The summed E-state index contributed by atoms with van der Waals surface area (Å²) in [6.07, 6.45) is 0.849. The first kappa shape index (κ1) is 15.8. The van der Waals surface area contributed by atoms with Crippen molar-refractivity contribution in [1.82, 2.24) is 0 Å². The molecule has 2 unspecified atom stereocenters. The van der Waals surface area contributed by atoms with Gasteiger partial charge in [-0.15, -0.1) is 11.8 Å². The van der Waals surface area contributed by atoms with Crippen LogP contribution in [0, 0.1) is 0 Å². The van der Waals surface area contributed by atoms with Crippen molar-refractivity contribution in [3.05, 3.63) is 58.6 Å². The zero-order chi connectivity index (χ0) is 15.7. The van der Waals surface area contributed by atoms with E-state index in [1.165, 1.54) is 20.9 Å². The van der Waals surface area contributed by atoms with Crippen LogP contribution < -0.4 is 5.73 Å². The van der Waals surface area contributed by atoms with E-state index in [0.717, 1.165) is 11.4 Å². The first-order chi connectivity index (χ1) is 10.5. The molecule has 2 atom stereocenters. The Morgan fingerprint density at radius 1 is 1.32 bits per heavy atom. The number of hydrogen-bond acceptors (Lipinski definition) is 3. The van der Waals surface area contributed by atoms with E-state index in [4.69, 9.17) is 17.3 Å². The Labute approximate surface area is 143 Å². The molecule has 2 N–H and O–H groups in total. The van der Waals surface area contributed by atoms with E-state index in [9.17, 15) is 4.79 Å².